The van der Waals surface area contributed by atoms with Gasteiger partial charge < -0.3 is 4.74 Å². The summed E-state index contributed by atoms with van der Waals surface area (Å²) < 4.78 is 5.36. The first-order chi connectivity index (χ1) is 7.40. The zero-order chi connectivity index (χ0) is 10.5. The minimum Gasteiger partial charge on any atom is -0.381 e. The number of aryl methyl sites for hydroxylation is 1. The highest BCUT2D eigenvalue weighted by Crippen LogP contribution is 2.25. The van der Waals surface area contributed by atoms with E-state index in [1.807, 2.05) is 6.20 Å². The van der Waals surface area contributed by atoms with Gasteiger partial charge in [-0.3, -0.25) is 4.98 Å². The first-order valence-electron chi connectivity index (χ1n) is 5.92. The highest BCUT2D eigenvalue weighted by atomic mass is 16.5. The van der Waals surface area contributed by atoms with Crippen LogP contribution in [-0.2, 0) is 11.2 Å². The van der Waals surface area contributed by atoms with Crippen molar-refractivity contribution >= 4 is 0 Å². The Morgan fingerprint density at radius 3 is 2.73 bits per heavy atom. The van der Waals surface area contributed by atoms with Crippen LogP contribution in [0.4, 0.5) is 0 Å². The minimum atomic E-state index is 0.620. The molecule has 2 rings (SSSR count). The quantitative estimate of drug-likeness (QED) is 0.757. The van der Waals surface area contributed by atoms with Crippen LogP contribution in [0.1, 0.15) is 43.4 Å². The largest absolute Gasteiger partial charge is 0.381 e. The fourth-order valence-electron chi connectivity index (χ4n) is 2.11. The van der Waals surface area contributed by atoms with Crippen molar-refractivity contribution in [1.82, 2.24) is 4.98 Å². The van der Waals surface area contributed by atoms with Crippen LogP contribution >= 0.6 is 0 Å². The van der Waals surface area contributed by atoms with Gasteiger partial charge in [0.2, 0.25) is 0 Å². The predicted molar refractivity (Wildman–Crippen MR) is 61.0 cm³/mol. The zero-order valence-electron chi connectivity index (χ0n) is 9.41. The van der Waals surface area contributed by atoms with Crippen LogP contribution in [0.3, 0.4) is 0 Å². The Morgan fingerprint density at radius 1 is 1.33 bits per heavy atom. The Morgan fingerprint density at radius 2 is 2.13 bits per heavy atom. The SMILES string of the molecule is CCCc1ccc(C2CCOCC2)nc1. The molecular formula is C13H19NO. The van der Waals surface area contributed by atoms with Crippen molar-refractivity contribution in [2.75, 3.05) is 13.2 Å². The molecule has 0 unspecified atom stereocenters. The topological polar surface area (TPSA) is 22.1 Å². The molecule has 2 nitrogen and oxygen atoms in total. The van der Waals surface area contributed by atoms with E-state index in [1.54, 1.807) is 0 Å². The fourth-order valence-corrected chi connectivity index (χ4v) is 2.11. The molecule has 0 saturated carbocycles. The number of ether oxygens (including phenoxy) is 1. The minimum absolute atomic E-state index is 0.620. The average molecular weight is 205 g/mol. The first-order valence-corrected chi connectivity index (χ1v) is 5.92. The van der Waals surface area contributed by atoms with Crippen molar-refractivity contribution in [2.24, 2.45) is 0 Å². The van der Waals surface area contributed by atoms with E-state index in [2.05, 4.69) is 24.0 Å². The Labute approximate surface area is 91.7 Å². The highest BCUT2D eigenvalue weighted by molar-refractivity contribution is 5.17. The van der Waals surface area contributed by atoms with Gasteiger partial charge in [0.1, 0.15) is 0 Å². The molecule has 0 aliphatic carbocycles. The lowest BCUT2D eigenvalue weighted by molar-refractivity contribution is 0.0845. The molecule has 0 spiro atoms. The second kappa shape index (κ2) is 5.26. The molecule has 2 heterocycles. The van der Waals surface area contributed by atoms with Gasteiger partial charge in [-0.05, 0) is 30.9 Å². The summed E-state index contributed by atoms with van der Waals surface area (Å²) in [4.78, 5) is 4.57. The monoisotopic (exact) mass is 205 g/mol. The summed E-state index contributed by atoms with van der Waals surface area (Å²) in [5.41, 5.74) is 2.60. The lowest BCUT2D eigenvalue weighted by atomic mass is 9.95. The maximum Gasteiger partial charge on any atom is 0.0472 e. The van der Waals surface area contributed by atoms with Crippen LogP contribution in [0.2, 0.25) is 0 Å². The van der Waals surface area contributed by atoms with Crippen LogP contribution in [0, 0.1) is 0 Å². The van der Waals surface area contributed by atoms with E-state index >= 15 is 0 Å². The van der Waals surface area contributed by atoms with Crippen molar-refractivity contribution in [2.45, 2.75) is 38.5 Å². The maximum atomic E-state index is 5.36. The molecule has 1 aliphatic rings. The van der Waals surface area contributed by atoms with Crippen LogP contribution in [0.15, 0.2) is 18.3 Å². The van der Waals surface area contributed by atoms with Crippen molar-refractivity contribution in [1.29, 1.82) is 0 Å². The van der Waals surface area contributed by atoms with Gasteiger partial charge in [-0.25, -0.2) is 0 Å². The predicted octanol–water partition coefficient (Wildman–Crippen LogP) is 2.93. The summed E-state index contributed by atoms with van der Waals surface area (Å²) in [7, 11) is 0. The molecule has 0 atom stereocenters. The fraction of sp³-hybridized carbons (Fsp3) is 0.615. The summed E-state index contributed by atoms with van der Waals surface area (Å²) >= 11 is 0. The van der Waals surface area contributed by atoms with Gasteiger partial charge in [0.05, 0.1) is 0 Å². The molecule has 0 bridgehead atoms. The van der Waals surface area contributed by atoms with E-state index in [0.29, 0.717) is 5.92 Å². The Kier molecular flexibility index (Phi) is 3.73. The molecule has 1 aromatic rings. The molecule has 0 aromatic carbocycles. The molecule has 82 valence electrons. The smallest absolute Gasteiger partial charge is 0.0472 e. The molecule has 2 heteroatoms. The number of rotatable bonds is 3. The average Bonchev–Trinajstić information content (AvgIpc) is 2.32. The van der Waals surface area contributed by atoms with Crippen molar-refractivity contribution < 1.29 is 4.74 Å². The van der Waals surface area contributed by atoms with Crippen molar-refractivity contribution in [3.8, 4) is 0 Å². The number of hydrogen-bond acceptors (Lipinski definition) is 2. The Balaban J connectivity index is 2.02. The Hall–Kier alpha value is -0.890. The van der Waals surface area contributed by atoms with Gasteiger partial charge in [0.25, 0.3) is 0 Å². The summed E-state index contributed by atoms with van der Waals surface area (Å²) in [6, 6.07) is 4.42. The number of nitrogens with zero attached hydrogens (tertiary/aromatic N) is 1. The molecule has 0 radical (unpaired) electrons. The van der Waals surface area contributed by atoms with E-state index in [4.69, 9.17) is 4.74 Å². The summed E-state index contributed by atoms with van der Waals surface area (Å²) in [6.45, 7) is 3.98. The van der Waals surface area contributed by atoms with E-state index < -0.39 is 0 Å². The summed E-state index contributed by atoms with van der Waals surface area (Å²) in [5, 5.41) is 0. The highest BCUT2D eigenvalue weighted by Gasteiger charge is 2.16. The molecule has 0 amide bonds. The third kappa shape index (κ3) is 2.78. The molecular weight excluding hydrogens is 186 g/mol. The molecule has 1 saturated heterocycles. The standard InChI is InChI=1S/C13H19NO/c1-2-3-11-4-5-13(14-10-11)12-6-8-15-9-7-12/h4-5,10,12H,2-3,6-9H2,1H3. The van der Waals surface area contributed by atoms with Gasteiger partial charge in [-0.1, -0.05) is 19.4 Å². The number of aromatic nitrogens is 1. The van der Waals surface area contributed by atoms with Crippen LogP contribution in [0.25, 0.3) is 0 Å². The second-order valence-electron chi connectivity index (χ2n) is 4.23. The second-order valence-corrected chi connectivity index (χ2v) is 4.23. The molecule has 1 aromatic heterocycles. The van der Waals surface area contributed by atoms with Crippen LogP contribution in [-0.4, -0.2) is 18.2 Å². The van der Waals surface area contributed by atoms with Crippen molar-refractivity contribution in [3.05, 3.63) is 29.6 Å². The van der Waals surface area contributed by atoms with E-state index in [9.17, 15) is 0 Å². The molecule has 15 heavy (non-hydrogen) atoms. The lowest BCUT2D eigenvalue weighted by Crippen LogP contribution is -2.15. The summed E-state index contributed by atoms with van der Waals surface area (Å²) in [6.07, 6.45) is 6.62. The zero-order valence-corrected chi connectivity index (χ0v) is 9.41. The normalized spacial score (nSPS) is 17.9. The molecule has 1 aliphatic heterocycles. The third-order valence-electron chi connectivity index (χ3n) is 3.03. The first kappa shape index (κ1) is 10.6. The Bertz CT molecular complexity index is 288. The number of pyridine rings is 1. The van der Waals surface area contributed by atoms with Crippen LogP contribution in [0.5, 0.6) is 0 Å². The van der Waals surface area contributed by atoms with E-state index in [0.717, 1.165) is 32.5 Å². The van der Waals surface area contributed by atoms with Gasteiger partial charge >= 0.3 is 0 Å². The maximum absolute atomic E-state index is 5.36. The van der Waals surface area contributed by atoms with E-state index in [-0.39, 0.29) is 0 Å². The lowest BCUT2D eigenvalue weighted by Gasteiger charge is -2.21. The van der Waals surface area contributed by atoms with Gasteiger partial charge in [-0.15, -0.1) is 0 Å². The van der Waals surface area contributed by atoms with E-state index in [1.165, 1.54) is 17.7 Å². The van der Waals surface area contributed by atoms with Gasteiger partial charge in [-0.2, -0.15) is 0 Å². The van der Waals surface area contributed by atoms with Gasteiger partial charge in [0.15, 0.2) is 0 Å². The van der Waals surface area contributed by atoms with Gasteiger partial charge in [0, 0.05) is 31.0 Å². The number of hydrogen-bond donors (Lipinski definition) is 0. The molecule has 0 N–H and O–H groups in total. The van der Waals surface area contributed by atoms with Crippen LogP contribution < -0.4 is 0 Å². The van der Waals surface area contributed by atoms with Crippen molar-refractivity contribution in [3.63, 3.8) is 0 Å². The third-order valence-corrected chi connectivity index (χ3v) is 3.03. The molecule has 1 fully saturated rings. The summed E-state index contributed by atoms with van der Waals surface area (Å²) in [5.74, 6) is 0.620.